The second kappa shape index (κ2) is 12.0. The first-order valence-corrected chi connectivity index (χ1v) is 17.8. The lowest BCUT2D eigenvalue weighted by molar-refractivity contribution is 0.631. The lowest BCUT2D eigenvalue weighted by Gasteiger charge is -2.42. The van der Waals surface area contributed by atoms with E-state index in [1.165, 1.54) is 61.3 Å². The van der Waals surface area contributed by atoms with Crippen molar-refractivity contribution in [2.45, 2.75) is 60.8 Å². The van der Waals surface area contributed by atoms with Gasteiger partial charge in [-0.1, -0.05) is 85.6 Å². The summed E-state index contributed by atoms with van der Waals surface area (Å²) in [6.07, 6.45) is 5.93. The van der Waals surface area contributed by atoms with Gasteiger partial charge in [-0.05, 0) is 111 Å². The van der Waals surface area contributed by atoms with Gasteiger partial charge in [-0.3, -0.25) is 0 Å². The molecule has 0 spiro atoms. The molecule has 0 amide bonds. The molecule has 0 radical (unpaired) electrons. The fourth-order valence-corrected chi connectivity index (χ4v) is 8.67. The number of nitrogens with zero attached hydrogens (tertiary/aromatic N) is 5. The van der Waals surface area contributed by atoms with E-state index in [4.69, 9.17) is 5.10 Å². The standard InChI is InChI=1S/C46H45N5/c1-28-21-30(3)42(31(4)22-28)37-27-48-51(44(37)43-32(5)23-29(2)24-33(43)6)36-17-18-39-41(26-36)50(40-16-11-10-15-38(40)46(39,7)8)35-14-12-13-34(25-35)45-47-19-20-49(45)9/h10-27H,1-9H3. The number of hydrogen-bond acceptors (Lipinski definition) is 3. The van der Waals surface area contributed by atoms with E-state index >= 15 is 0 Å². The highest BCUT2D eigenvalue weighted by atomic mass is 15.3. The second-order valence-electron chi connectivity index (χ2n) is 15.0. The number of anilines is 3. The number of benzene rings is 5. The van der Waals surface area contributed by atoms with Crippen LogP contribution >= 0.6 is 0 Å². The number of rotatable bonds is 5. The number of hydrogen-bond donors (Lipinski definition) is 0. The molecule has 1 aliphatic heterocycles. The Morgan fingerprint density at radius 1 is 0.608 bits per heavy atom. The van der Waals surface area contributed by atoms with E-state index in [0.717, 1.165) is 39.7 Å². The minimum atomic E-state index is -0.212. The predicted octanol–water partition coefficient (Wildman–Crippen LogP) is 11.6. The lowest BCUT2D eigenvalue weighted by Crippen LogP contribution is -2.30. The molecular weight excluding hydrogens is 623 g/mol. The van der Waals surface area contributed by atoms with Gasteiger partial charge in [-0.25, -0.2) is 9.67 Å². The smallest absolute Gasteiger partial charge is 0.139 e. The molecule has 0 fully saturated rings. The third-order valence-corrected chi connectivity index (χ3v) is 10.8. The summed E-state index contributed by atoms with van der Waals surface area (Å²) in [6.45, 7) is 17.9. The average Bonchev–Trinajstić information content (AvgIpc) is 3.70. The maximum atomic E-state index is 5.22. The Bertz CT molecular complexity index is 2440. The summed E-state index contributed by atoms with van der Waals surface area (Å²) in [5.41, 5.74) is 20.2. The fourth-order valence-electron chi connectivity index (χ4n) is 8.67. The number of aryl methyl sites for hydroxylation is 7. The topological polar surface area (TPSA) is 38.9 Å². The molecule has 254 valence electrons. The van der Waals surface area contributed by atoms with Crippen LogP contribution in [0.15, 0.2) is 110 Å². The van der Waals surface area contributed by atoms with Crippen molar-refractivity contribution >= 4 is 17.1 Å². The molecule has 5 aromatic carbocycles. The zero-order valence-corrected chi connectivity index (χ0v) is 31.1. The van der Waals surface area contributed by atoms with E-state index in [1.54, 1.807) is 0 Å². The first-order chi connectivity index (χ1) is 24.4. The molecule has 2 aromatic heterocycles. The van der Waals surface area contributed by atoms with E-state index < -0.39 is 0 Å². The Hall–Kier alpha value is -5.68. The molecule has 0 saturated heterocycles. The molecule has 0 N–H and O–H groups in total. The maximum absolute atomic E-state index is 5.22. The molecule has 0 aliphatic carbocycles. The Morgan fingerprint density at radius 2 is 1.25 bits per heavy atom. The third-order valence-electron chi connectivity index (χ3n) is 10.8. The van der Waals surface area contributed by atoms with Crippen molar-refractivity contribution in [1.82, 2.24) is 19.3 Å². The minimum Gasteiger partial charge on any atom is -0.334 e. The van der Waals surface area contributed by atoms with Gasteiger partial charge in [0.05, 0.1) is 29.0 Å². The molecule has 5 nitrogen and oxygen atoms in total. The molecule has 1 aliphatic rings. The van der Waals surface area contributed by atoms with Crippen molar-refractivity contribution < 1.29 is 0 Å². The van der Waals surface area contributed by atoms with Gasteiger partial charge in [-0.2, -0.15) is 5.10 Å². The van der Waals surface area contributed by atoms with Gasteiger partial charge in [0, 0.05) is 47.2 Å². The Kier molecular flexibility index (Phi) is 7.64. The second-order valence-corrected chi connectivity index (χ2v) is 15.0. The Labute approximate surface area is 301 Å². The molecular formula is C46H45N5. The number of imidazole rings is 1. The van der Waals surface area contributed by atoms with E-state index in [9.17, 15) is 0 Å². The Morgan fingerprint density at radius 3 is 1.92 bits per heavy atom. The first-order valence-electron chi connectivity index (χ1n) is 17.8. The average molecular weight is 668 g/mol. The van der Waals surface area contributed by atoms with E-state index in [-0.39, 0.29) is 5.41 Å². The monoisotopic (exact) mass is 667 g/mol. The van der Waals surface area contributed by atoms with Gasteiger partial charge in [-0.15, -0.1) is 0 Å². The van der Waals surface area contributed by atoms with Gasteiger partial charge in [0.1, 0.15) is 5.82 Å². The highest BCUT2D eigenvalue weighted by Crippen LogP contribution is 2.53. The zero-order chi connectivity index (χ0) is 35.8. The van der Waals surface area contributed by atoms with Gasteiger partial charge in [0.2, 0.25) is 0 Å². The summed E-state index contributed by atoms with van der Waals surface area (Å²) < 4.78 is 4.25. The minimum absolute atomic E-state index is 0.212. The van der Waals surface area contributed by atoms with Crippen molar-refractivity contribution in [1.29, 1.82) is 0 Å². The van der Waals surface area contributed by atoms with Crippen LogP contribution in [0, 0.1) is 41.5 Å². The molecule has 0 unspecified atom stereocenters. The van der Waals surface area contributed by atoms with E-state index in [2.05, 4.69) is 172 Å². The SMILES string of the molecule is Cc1cc(C)c(-c2cnn(-c3ccc4c(c3)N(c3cccc(-c5nccn5C)c3)c3ccccc3C4(C)C)c2-c2c(C)cc(C)cc2C)c(C)c1. The van der Waals surface area contributed by atoms with Crippen LogP contribution in [0.25, 0.3) is 39.5 Å². The van der Waals surface area contributed by atoms with Crippen molar-refractivity contribution in [3.8, 4) is 39.5 Å². The number of para-hydroxylation sites is 1. The van der Waals surface area contributed by atoms with Gasteiger partial charge >= 0.3 is 0 Å². The lowest BCUT2D eigenvalue weighted by atomic mass is 9.73. The molecule has 3 heterocycles. The van der Waals surface area contributed by atoms with Crippen molar-refractivity contribution in [2.75, 3.05) is 4.90 Å². The Balaban J connectivity index is 1.39. The largest absolute Gasteiger partial charge is 0.334 e. The van der Waals surface area contributed by atoms with Crippen molar-refractivity contribution in [3.63, 3.8) is 0 Å². The molecule has 0 atom stereocenters. The highest BCUT2D eigenvalue weighted by Gasteiger charge is 2.37. The summed E-state index contributed by atoms with van der Waals surface area (Å²) in [7, 11) is 2.04. The van der Waals surface area contributed by atoms with E-state index in [0.29, 0.717) is 0 Å². The van der Waals surface area contributed by atoms with Gasteiger partial charge in [0.15, 0.2) is 0 Å². The molecule has 7 aromatic rings. The number of fused-ring (bicyclic) bond motifs is 2. The van der Waals surface area contributed by atoms with Crippen molar-refractivity contribution in [3.05, 3.63) is 154 Å². The summed E-state index contributed by atoms with van der Waals surface area (Å²) in [6, 6.07) is 33.6. The fraction of sp³-hybridized carbons (Fsp3) is 0.217. The van der Waals surface area contributed by atoms with Gasteiger partial charge in [0.25, 0.3) is 0 Å². The summed E-state index contributed by atoms with van der Waals surface area (Å²) in [5.74, 6) is 0.940. The quantitative estimate of drug-likeness (QED) is 0.183. The maximum Gasteiger partial charge on any atom is 0.139 e. The van der Waals surface area contributed by atoms with Crippen LogP contribution in [0.1, 0.15) is 58.4 Å². The molecule has 0 bridgehead atoms. The summed E-state index contributed by atoms with van der Waals surface area (Å²) in [4.78, 5) is 7.10. The summed E-state index contributed by atoms with van der Waals surface area (Å²) >= 11 is 0. The highest BCUT2D eigenvalue weighted by molar-refractivity contribution is 5.90. The van der Waals surface area contributed by atoms with E-state index in [1.807, 2.05) is 19.4 Å². The third kappa shape index (κ3) is 5.22. The molecule has 51 heavy (non-hydrogen) atoms. The van der Waals surface area contributed by atoms with Crippen LogP contribution in [0.5, 0.6) is 0 Å². The molecule has 5 heteroatoms. The zero-order valence-electron chi connectivity index (χ0n) is 31.1. The molecule has 8 rings (SSSR count). The summed E-state index contributed by atoms with van der Waals surface area (Å²) in [5, 5.41) is 5.22. The first kappa shape index (κ1) is 32.5. The van der Waals surface area contributed by atoms with Crippen LogP contribution in [-0.4, -0.2) is 19.3 Å². The predicted molar refractivity (Wildman–Crippen MR) is 212 cm³/mol. The van der Waals surface area contributed by atoms with Crippen LogP contribution in [0.3, 0.4) is 0 Å². The number of aromatic nitrogens is 4. The van der Waals surface area contributed by atoms with Crippen LogP contribution in [0.2, 0.25) is 0 Å². The normalized spacial score (nSPS) is 13.3. The van der Waals surface area contributed by atoms with Crippen LogP contribution < -0.4 is 4.90 Å². The van der Waals surface area contributed by atoms with Gasteiger partial charge < -0.3 is 9.47 Å². The van der Waals surface area contributed by atoms with Crippen LogP contribution in [-0.2, 0) is 12.5 Å². The van der Waals surface area contributed by atoms with Crippen molar-refractivity contribution in [2.24, 2.45) is 7.05 Å². The molecule has 0 saturated carbocycles. The van der Waals surface area contributed by atoms with Crippen LogP contribution in [0.4, 0.5) is 17.1 Å².